The van der Waals surface area contributed by atoms with Crippen LogP contribution in [0.1, 0.15) is 25.2 Å². The van der Waals surface area contributed by atoms with Gasteiger partial charge in [-0.1, -0.05) is 0 Å². The number of hydrogen-bond acceptors (Lipinski definition) is 5. The monoisotopic (exact) mass is 245 g/mol. The van der Waals surface area contributed by atoms with E-state index in [9.17, 15) is 13.6 Å². The third-order valence-corrected chi connectivity index (χ3v) is 4.91. The van der Waals surface area contributed by atoms with Gasteiger partial charge in [0.05, 0.1) is 29.7 Å². The molecule has 16 heavy (non-hydrogen) atoms. The standard InChI is InChI=1S/C9H15N3O3S/c1-6(2)16(14,15)9-10-7-4-12(13)5-8(7)11(9)3/h6,13H,4-5H2,1-3H3. The number of sulfone groups is 1. The Bertz CT molecular complexity index is 518. The molecule has 0 unspecified atom stereocenters. The molecule has 0 aromatic carbocycles. The fourth-order valence-electron chi connectivity index (χ4n) is 1.75. The molecule has 2 rings (SSSR count). The van der Waals surface area contributed by atoms with Crippen LogP contribution in [0.2, 0.25) is 0 Å². The van der Waals surface area contributed by atoms with E-state index in [-0.39, 0.29) is 11.7 Å². The highest BCUT2D eigenvalue weighted by molar-refractivity contribution is 7.91. The summed E-state index contributed by atoms with van der Waals surface area (Å²) in [4.78, 5) is 4.11. The molecule has 0 spiro atoms. The molecular weight excluding hydrogens is 230 g/mol. The van der Waals surface area contributed by atoms with Crippen LogP contribution in [0.25, 0.3) is 0 Å². The first-order valence-electron chi connectivity index (χ1n) is 5.06. The molecule has 0 bridgehead atoms. The van der Waals surface area contributed by atoms with Crippen LogP contribution in [0.4, 0.5) is 0 Å². The summed E-state index contributed by atoms with van der Waals surface area (Å²) in [6, 6.07) is 0. The third kappa shape index (κ3) is 1.55. The van der Waals surface area contributed by atoms with Gasteiger partial charge >= 0.3 is 0 Å². The highest BCUT2D eigenvalue weighted by Crippen LogP contribution is 2.25. The molecule has 6 nitrogen and oxygen atoms in total. The van der Waals surface area contributed by atoms with Gasteiger partial charge in [0.2, 0.25) is 15.0 Å². The molecule has 7 heteroatoms. The second-order valence-corrected chi connectivity index (χ2v) is 6.66. The molecule has 90 valence electrons. The van der Waals surface area contributed by atoms with Crippen LogP contribution in [0.15, 0.2) is 5.16 Å². The van der Waals surface area contributed by atoms with Gasteiger partial charge in [0.25, 0.3) is 0 Å². The van der Waals surface area contributed by atoms with Gasteiger partial charge in [0.1, 0.15) is 0 Å². The van der Waals surface area contributed by atoms with Gasteiger partial charge in [-0.25, -0.2) is 13.4 Å². The van der Waals surface area contributed by atoms with E-state index in [1.165, 1.54) is 0 Å². The zero-order chi connectivity index (χ0) is 12.1. The number of nitrogens with zero attached hydrogens (tertiary/aromatic N) is 3. The molecule has 0 saturated carbocycles. The Labute approximate surface area is 94.4 Å². The Hall–Kier alpha value is -0.920. The first-order chi connectivity index (χ1) is 7.34. The number of aromatic nitrogens is 2. The lowest BCUT2D eigenvalue weighted by atomic mass is 10.4. The van der Waals surface area contributed by atoms with E-state index in [0.29, 0.717) is 12.2 Å². The van der Waals surface area contributed by atoms with Crippen molar-refractivity contribution in [3.05, 3.63) is 11.4 Å². The lowest BCUT2D eigenvalue weighted by Gasteiger charge is -2.10. The largest absolute Gasteiger partial charge is 0.320 e. The summed E-state index contributed by atoms with van der Waals surface area (Å²) >= 11 is 0. The maximum Gasteiger partial charge on any atom is 0.228 e. The van der Waals surface area contributed by atoms with E-state index in [0.717, 1.165) is 10.8 Å². The predicted molar refractivity (Wildman–Crippen MR) is 56.6 cm³/mol. The molecule has 0 saturated heterocycles. The summed E-state index contributed by atoms with van der Waals surface area (Å²) < 4.78 is 25.5. The molecule has 0 amide bonds. The average molecular weight is 245 g/mol. The van der Waals surface area contributed by atoms with Crippen molar-refractivity contribution in [2.45, 2.75) is 37.3 Å². The van der Waals surface area contributed by atoms with Crippen LogP contribution in [-0.4, -0.2) is 33.5 Å². The fraction of sp³-hybridized carbons (Fsp3) is 0.667. The quantitative estimate of drug-likeness (QED) is 0.811. The lowest BCUT2D eigenvalue weighted by Crippen LogP contribution is -2.20. The number of rotatable bonds is 2. The van der Waals surface area contributed by atoms with E-state index in [2.05, 4.69) is 4.98 Å². The normalized spacial score (nSPS) is 17.1. The Morgan fingerprint density at radius 2 is 2.00 bits per heavy atom. The minimum absolute atomic E-state index is 0.0978. The molecule has 1 N–H and O–H groups in total. The van der Waals surface area contributed by atoms with Gasteiger partial charge in [0, 0.05) is 7.05 Å². The number of hydrogen-bond donors (Lipinski definition) is 1. The van der Waals surface area contributed by atoms with Crippen LogP contribution in [0.3, 0.4) is 0 Å². The molecule has 1 aromatic rings. The fourth-order valence-corrected chi connectivity index (χ4v) is 2.91. The van der Waals surface area contributed by atoms with Crippen molar-refractivity contribution in [3.63, 3.8) is 0 Å². The molecule has 2 heterocycles. The summed E-state index contributed by atoms with van der Waals surface area (Å²) in [6.45, 7) is 3.88. The van der Waals surface area contributed by atoms with Gasteiger partial charge in [-0.3, -0.25) is 0 Å². The maximum atomic E-state index is 12.0. The first kappa shape index (κ1) is 11.6. The Balaban J connectivity index is 2.52. The van der Waals surface area contributed by atoms with Gasteiger partial charge in [-0.2, -0.15) is 5.06 Å². The van der Waals surface area contributed by atoms with Crippen LogP contribution in [0, 0.1) is 0 Å². The summed E-state index contributed by atoms with van der Waals surface area (Å²) in [7, 11) is -1.68. The van der Waals surface area contributed by atoms with Crippen molar-refractivity contribution in [1.82, 2.24) is 14.6 Å². The lowest BCUT2D eigenvalue weighted by molar-refractivity contribution is -0.0988. The Kier molecular flexibility index (Phi) is 2.56. The third-order valence-electron chi connectivity index (χ3n) is 2.80. The minimum Gasteiger partial charge on any atom is -0.320 e. The van der Waals surface area contributed by atoms with Crippen LogP contribution < -0.4 is 0 Å². The van der Waals surface area contributed by atoms with Crippen LogP contribution in [0.5, 0.6) is 0 Å². The second-order valence-electron chi connectivity index (χ2n) is 4.26. The molecule has 0 aliphatic carbocycles. The van der Waals surface area contributed by atoms with Gasteiger partial charge in [0.15, 0.2) is 0 Å². The topological polar surface area (TPSA) is 75.4 Å². The van der Waals surface area contributed by atoms with Crippen LogP contribution in [-0.2, 0) is 30.0 Å². The molecule has 0 radical (unpaired) electrons. The van der Waals surface area contributed by atoms with Gasteiger partial charge in [-0.15, -0.1) is 0 Å². The zero-order valence-electron chi connectivity index (χ0n) is 9.51. The van der Waals surface area contributed by atoms with E-state index in [1.54, 1.807) is 25.5 Å². The van der Waals surface area contributed by atoms with Crippen molar-refractivity contribution in [2.75, 3.05) is 0 Å². The van der Waals surface area contributed by atoms with Crippen molar-refractivity contribution in [3.8, 4) is 0 Å². The smallest absolute Gasteiger partial charge is 0.228 e. The summed E-state index contributed by atoms with van der Waals surface area (Å²) in [6.07, 6.45) is 0. The molecule has 0 fully saturated rings. The van der Waals surface area contributed by atoms with E-state index < -0.39 is 15.1 Å². The molecule has 0 atom stereocenters. The minimum atomic E-state index is -3.35. The van der Waals surface area contributed by atoms with E-state index in [4.69, 9.17) is 0 Å². The highest BCUT2D eigenvalue weighted by atomic mass is 32.2. The Morgan fingerprint density at radius 3 is 2.50 bits per heavy atom. The first-order valence-corrected chi connectivity index (χ1v) is 6.61. The van der Waals surface area contributed by atoms with Crippen molar-refractivity contribution in [1.29, 1.82) is 0 Å². The zero-order valence-corrected chi connectivity index (χ0v) is 10.3. The molecule has 1 aliphatic heterocycles. The highest BCUT2D eigenvalue weighted by Gasteiger charge is 2.31. The second kappa shape index (κ2) is 3.54. The van der Waals surface area contributed by atoms with E-state index in [1.807, 2.05) is 0 Å². The van der Waals surface area contributed by atoms with Crippen molar-refractivity contribution < 1.29 is 13.6 Å². The predicted octanol–water partition coefficient (Wildman–Crippen LogP) is 0.307. The molecule has 1 aliphatic rings. The van der Waals surface area contributed by atoms with Crippen molar-refractivity contribution >= 4 is 9.84 Å². The van der Waals surface area contributed by atoms with Gasteiger partial charge in [-0.05, 0) is 13.8 Å². The number of imidazole rings is 1. The average Bonchev–Trinajstić information content (AvgIpc) is 2.65. The van der Waals surface area contributed by atoms with Crippen molar-refractivity contribution in [2.24, 2.45) is 7.05 Å². The summed E-state index contributed by atoms with van der Waals surface area (Å²) in [5.74, 6) is 0. The van der Waals surface area contributed by atoms with E-state index >= 15 is 0 Å². The Morgan fingerprint density at radius 1 is 1.38 bits per heavy atom. The number of hydroxylamine groups is 2. The summed E-state index contributed by atoms with van der Waals surface area (Å²) in [5.41, 5.74) is 1.41. The van der Waals surface area contributed by atoms with Crippen LogP contribution >= 0.6 is 0 Å². The molecule has 1 aromatic heterocycles. The number of fused-ring (bicyclic) bond motifs is 1. The van der Waals surface area contributed by atoms with Gasteiger partial charge < -0.3 is 9.77 Å². The maximum absolute atomic E-state index is 12.0. The molecular formula is C9H15N3O3S. The SMILES string of the molecule is CC(C)S(=O)(=O)c1nc2c(n1C)CN(O)C2. The summed E-state index contributed by atoms with van der Waals surface area (Å²) in [5, 5.41) is 10.0.